The summed E-state index contributed by atoms with van der Waals surface area (Å²) < 4.78 is 0. The molecule has 2 rings (SSSR count). The second-order valence-electron chi connectivity index (χ2n) is 6.47. The third-order valence-electron chi connectivity index (χ3n) is 3.74. The van der Waals surface area contributed by atoms with Gasteiger partial charge in [0.1, 0.15) is 0 Å². The Labute approximate surface area is 123 Å². The molecule has 2 aromatic carbocycles. The Morgan fingerprint density at radius 1 is 0.950 bits per heavy atom. The van der Waals surface area contributed by atoms with Crippen molar-refractivity contribution < 1.29 is 0 Å². The van der Waals surface area contributed by atoms with Gasteiger partial charge in [0.25, 0.3) is 0 Å². The van der Waals surface area contributed by atoms with Gasteiger partial charge in [0, 0.05) is 0 Å². The summed E-state index contributed by atoms with van der Waals surface area (Å²) in [4.78, 5) is 0. The van der Waals surface area contributed by atoms with E-state index in [9.17, 15) is 0 Å². The highest BCUT2D eigenvalue weighted by molar-refractivity contribution is 5.41. The van der Waals surface area contributed by atoms with Crippen LogP contribution in [-0.4, -0.2) is 7.05 Å². The second-order valence-corrected chi connectivity index (χ2v) is 6.47. The molecule has 0 aromatic heterocycles. The fourth-order valence-electron chi connectivity index (χ4n) is 2.78. The Morgan fingerprint density at radius 2 is 1.65 bits per heavy atom. The van der Waals surface area contributed by atoms with Crippen LogP contribution in [0, 0.1) is 6.92 Å². The highest BCUT2D eigenvalue weighted by atomic mass is 14.9. The lowest BCUT2D eigenvalue weighted by molar-refractivity contribution is 0.567. The number of aryl methyl sites for hydroxylation is 1. The summed E-state index contributed by atoms with van der Waals surface area (Å²) in [5, 5.41) is 3.47. The van der Waals surface area contributed by atoms with Gasteiger partial charge in [0.05, 0.1) is 6.04 Å². The minimum atomic E-state index is 0.148. The van der Waals surface area contributed by atoms with E-state index in [0.29, 0.717) is 0 Å². The molecule has 0 aliphatic rings. The largest absolute Gasteiger partial charge is 0.309 e. The molecule has 1 nitrogen and oxygen atoms in total. The van der Waals surface area contributed by atoms with Gasteiger partial charge in [-0.3, -0.25) is 0 Å². The summed E-state index contributed by atoms with van der Waals surface area (Å²) in [5.74, 6) is 0. The van der Waals surface area contributed by atoms with Gasteiger partial charge in [-0.1, -0.05) is 74.9 Å². The molecule has 0 saturated heterocycles. The SMILES string of the molecule is CNC(c1cccc(C)c1)c1ccccc1C(C)(C)C. The Balaban J connectivity index is 2.53. The van der Waals surface area contributed by atoms with Crippen molar-refractivity contribution in [1.82, 2.24) is 5.32 Å². The standard InChI is InChI=1S/C19H25N/c1-14-9-8-10-15(13-14)18(20-5)16-11-6-7-12-17(16)19(2,3)4/h6-13,18,20H,1-5H3. The summed E-state index contributed by atoms with van der Waals surface area (Å²) in [7, 11) is 2.03. The van der Waals surface area contributed by atoms with E-state index in [1.54, 1.807) is 0 Å². The average Bonchev–Trinajstić information content (AvgIpc) is 2.39. The summed E-state index contributed by atoms with van der Waals surface area (Å²) in [6.07, 6.45) is 0. The third kappa shape index (κ3) is 3.10. The van der Waals surface area contributed by atoms with Crippen LogP contribution in [0.15, 0.2) is 48.5 Å². The molecular weight excluding hydrogens is 242 g/mol. The van der Waals surface area contributed by atoms with E-state index in [4.69, 9.17) is 0 Å². The van der Waals surface area contributed by atoms with Crippen LogP contribution in [-0.2, 0) is 5.41 Å². The monoisotopic (exact) mass is 267 g/mol. The van der Waals surface area contributed by atoms with Crippen LogP contribution < -0.4 is 5.32 Å². The van der Waals surface area contributed by atoms with Gasteiger partial charge in [0.15, 0.2) is 0 Å². The van der Waals surface area contributed by atoms with E-state index in [1.807, 2.05) is 7.05 Å². The van der Waals surface area contributed by atoms with Crippen LogP contribution in [0.5, 0.6) is 0 Å². The first-order valence-corrected chi connectivity index (χ1v) is 7.26. The van der Waals surface area contributed by atoms with Crippen LogP contribution in [0.2, 0.25) is 0 Å². The molecule has 0 amide bonds. The Hall–Kier alpha value is -1.60. The maximum absolute atomic E-state index is 3.47. The van der Waals surface area contributed by atoms with Gasteiger partial charge in [-0.25, -0.2) is 0 Å². The highest BCUT2D eigenvalue weighted by Gasteiger charge is 2.22. The number of nitrogens with one attached hydrogen (secondary N) is 1. The first-order chi connectivity index (χ1) is 9.43. The summed E-state index contributed by atoms with van der Waals surface area (Å²) in [6.45, 7) is 8.96. The molecule has 0 spiro atoms. The van der Waals surface area contributed by atoms with E-state index < -0.39 is 0 Å². The summed E-state index contributed by atoms with van der Waals surface area (Å²) in [6, 6.07) is 17.7. The van der Waals surface area contributed by atoms with E-state index >= 15 is 0 Å². The van der Waals surface area contributed by atoms with Crippen molar-refractivity contribution in [3.8, 4) is 0 Å². The molecule has 20 heavy (non-hydrogen) atoms. The molecule has 1 atom stereocenters. The van der Waals surface area contributed by atoms with Crippen LogP contribution >= 0.6 is 0 Å². The van der Waals surface area contributed by atoms with Gasteiger partial charge in [-0.2, -0.15) is 0 Å². The highest BCUT2D eigenvalue weighted by Crippen LogP contribution is 2.32. The fourth-order valence-corrected chi connectivity index (χ4v) is 2.78. The lowest BCUT2D eigenvalue weighted by atomic mass is 9.80. The van der Waals surface area contributed by atoms with E-state index in [2.05, 4.69) is 81.5 Å². The van der Waals surface area contributed by atoms with Crippen LogP contribution in [0.1, 0.15) is 49.1 Å². The Morgan fingerprint density at radius 3 is 2.25 bits per heavy atom. The predicted molar refractivity (Wildman–Crippen MR) is 87.2 cm³/mol. The zero-order valence-electron chi connectivity index (χ0n) is 13.2. The average molecular weight is 267 g/mol. The Kier molecular flexibility index (Phi) is 4.29. The molecule has 106 valence electrons. The molecular formula is C19H25N. The van der Waals surface area contributed by atoms with Crippen molar-refractivity contribution in [3.05, 3.63) is 70.8 Å². The van der Waals surface area contributed by atoms with Crippen molar-refractivity contribution in [1.29, 1.82) is 0 Å². The van der Waals surface area contributed by atoms with E-state index in [-0.39, 0.29) is 11.5 Å². The molecule has 0 saturated carbocycles. The van der Waals surface area contributed by atoms with E-state index in [0.717, 1.165) is 0 Å². The lowest BCUT2D eigenvalue weighted by Crippen LogP contribution is -2.23. The number of hydrogen-bond donors (Lipinski definition) is 1. The normalized spacial score (nSPS) is 13.2. The van der Waals surface area contributed by atoms with Crippen molar-refractivity contribution in [3.63, 3.8) is 0 Å². The van der Waals surface area contributed by atoms with Crippen molar-refractivity contribution in [2.24, 2.45) is 0 Å². The molecule has 1 N–H and O–H groups in total. The van der Waals surface area contributed by atoms with Crippen molar-refractivity contribution in [2.45, 2.75) is 39.2 Å². The summed E-state index contributed by atoms with van der Waals surface area (Å²) in [5.41, 5.74) is 5.55. The smallest absolute Gasteiger partial charge is 0.0577 e. The molecule has 0 heterocycles. The van der Waals surface area contributed by atoms with Crippen LogP contribution in [0.25, 0.3) is 0 Å². The first-order valence-electron chi connectivity index (χ1n) is 7.26. The molecule has 1 unspecified atom stereocenters. The van der Waals surface area contributed by atoms with Gasteiger partial charge in [-0.05, 0) is 36.1 Å². The zero-order chi connectivity index (χ0) is 14.8. The topological polar surface area (TPSA) is 12.0 Å². The van der Waals surface area contributed by atoms with Gasteiger partial charge in [0.2, 0.25) is 0 Å². The minimum Gasteiger partial charge on any atom is -0.309 e. The fraction of sp³-hybridized carbons (Fsp3) is 0.368. The Bertz CT molecular complexity index is 578. The first kappa shape index (κ1) is 14.8. The maximum Gasteiger partial charge on any atom is 0.0577 e. The molecule has 0 aliphatic heterocycles. The molecule has 0 fully saturated rings. The summed E-state index contributed by atoms with van der Waals surface area (Å²) >= 11 is 0. The second kappa shape index (κ2) is 5.80. The molecule has 2 aromatic rings. The predicted octanol–water partition coefficient (Wildman–Crippen LogP) is 4.60. The molecule has 0 radical (unpaired) electrons. The van der Waals surface area contributed by atoms with E-state index in [1.165, 1.54) is 22.3 Å². The van der Waals surface area contributed by atoms with Crippen molar-refractivity contribution >= 4 is 0 Å². The number of rotatable bonds is 3. The lowest BCUT2D eigenvalue weighted by Gasteiger charge is -2.28. The quantitative estimate of drug-likeness (QED) is 0.857. The van der Waals surface area contributed by atoms with Gasteiger partial charge >= 0.3 is 0 Å². The molecule has 1 heteroatoms. The van der Waals surface area contributed by atoms with Crippen LogP contribution in [0.3, 0.4) is 0 Å². The van der Waals surface area contributed by atoms with Gasteiger partial charge < -0.3 is 5.32 Å². The van der Waals surface area contributed by atoms with Crippen molar-refractivity contribution in [2.75, 3.05) is 7.05 Å². The number of hydrogen-bond acceptors (Lipinski definition) is 1. The minimum absolute atomic E-state index is 0.148. The van der Waals surface area contributed by atoms with Crippen LogP contribution in [0.4, 0.5) is 0 Å². The number of benzene rings is 2. The third-order valence-corrected chi connectivity index (χ3v) is 3.74. The maximum atomic E-state index is 3.47. The zero-order valence-corrected chi connectivity index (χ0v) is 13.2. The molecule has 0 aliphatic carbocycles. The molecule has 0 bridgehead atoms. The van der Waals surface area contributed by atoms with Gasteiger partial charge in [-0.15, -0.1) is 0 Å².